The smallest absolute Gasteiger partial charge is 0.118 e. The molecule has 0 N–H and O–H groups in total. The molecule has 0 atom stereocenters. The van der Waals surface area contributed by atoms with Gasteiger partial charge in [0.05, 0.1) is 7.11 Å². The second-order valence-electron chi connectivity index (χ2n) is 1.80. The molecular weight excluding hydrogens is 148 g/mol. The minimum Gasteiger partial charge on any atom is -0.497 e. The van der Waals surface area contributed by atoms with Gasteiger partial charge in [-0.25, -0.2) is 0 Å². The highest BCUT2D eigenvalue weighted by atomic mass is 16.5. The first-order chi connectivity index (χ1) is 5.85. The van der Waals surface area contributed by atoms with Crippen molar-refractivity contribution in [2.45, 2.75) is 27.7 Å². The summed E-state index contributed by atoms with van der Waals surface area (Å²) in [6, 6.07) is 0. The van der Waals surface area contributed by atoms with E-state index in [-0.39, 0.29) is 0 Å². The normalized spacial score (nSPS) is 11.6. The molecule has 0 rings (SSSR count). The molecule has 0 aliphatic rings. The van der Waals surface area contributed by atoms with Gasteiger partial charge in [-0.1, -0.05) is 32.1 Å². The average molecular weight is 168 g/mol. The van der Waals surface area contributed by atoms with Crippen molar-refractivity contribution in [3.63, 3.8) is 0 Å². The quantitative estimate of drug-likeness (QED) is 0.461. The highest BCUT2D eigenvalue weighted by Gasteiger charge is 1.81. The van der Waals surface area contributed by atoms with Crippen LogP contribution in [0.15, 0.2) is 36.1 Å². The van der Waals surface area contributed by atoms with Crippen molar-refractivity contribution in [2.24, 2.45) is 0 Å². The van der Waals surface area contributed by atoms with Crippen LogP contribution in [-0.2, 0) is 4.74 Å². The van der Waals surface area contributed by atoms with Crippen molar-refractivity contribution in [1.29, 1.82) is 0 Å². The summed E-state index contributed by atoms with van der Waals surface area (Å²) < 4.78 is 5.02. The Balaban J connectivity index is 0. The van der Waals surface area contributed by atoms with Crippen LogP contribution in [-0.4, -0.2) is 7.11 Å². The Kier molecular flexibility index (Phi) is 14.4. The molecular formula is C11H20O. The molecule has 0 heterocycles. The molecule has 0 bridgehead atoms. The van der Waals surface area contributed by atoms with Gasteiger partial charge in [-0.3, -0.25) is 0 Å². The second kappa shape index (κ2) is 12.7. The Morgan fingerprint density at radius 3 is 2.00 bits per heavy atom. The van der Waals surface area contributed by atoms with E-state index in [4.69, 9.17) is 4.74 Å². The molecule has 0 aliphatic heterocycles. The number of methoxy groups -OCH3 is 1. The van der Waals surface area contributed by atoms with Gasteiger partial charge in [-0.2, -0.15) is 0 Å². The Bertz CT molecular complexity index is 152. The predicted octanol–water partition coefficient (Wildman–Crippen LogP) is 3.70. The SMILES string of the molecule is CC.C\C=C/C=C(\C=C/C)OC. The fourth-order valence-electron chi connectivity index (χ4n) is 0.547. The zero-order valence-corrected chi connectivity index (χ0v) is 8.79. The van der Waals surface area contributed by atoms with Gasteiger partial charge in [0.1, 0.15) is 5.76 Å². The van der Waals surface area contributed by atoms with Gasteiger partial charge in [0.15, 0.2) is 0 Å². The zero-order chi connectivity index (χ0) is 9.82. The minimum absolute atomic E-state index is 0.876. The highest BCUT2D eigenvalue weighted by Crippen LogP contribution is 1.97. The van der Waals surface area contributed by atoms with Crippen molar-refractivity contribution < 1.29 is 4.74 Å². The molecule has 0 aromatic rings. The average Bonchev–Trinajstić information content (AvgIpc) is 2.15. The van der Waals surface area contributed by atoms with Gasteiger partial charge in [-0.05, 0) is 26.0 Å². The lowest BCUT2D eigenvalue weighted by atomic mass is 10.4. The van der Waals surface area contributed by atoms with Crippen molar-refractivity contribution >= 4 is 0 Å². The van der Waals surface area contributed by atoms with Crippen LogP contribution in [0, 0.1) is 0 Å². The Labute approximate surface area is 76.4 Å². The maximum atomic E-state index is 5.02. The first kappa shape index (κ1) is 13.6. The van der Waals surface area contributed by atoms with Crippen molar-refractivity contribution in [2.75, 3.05) is 7.11 Å². The van der Waals surface area contributed by atoms with Crippen LogP contribution in [0.25, 0.3) is 0 Å². The van der Waals surface area contributed by atoms with Gasteiger partial charge >= 0.3 is 0 Å². The summed E-state index contributed by atoms with van der Waals surface area (Å²) in [6.07, 6.45) is 9.68. The molecule has 0 spiro atoms. The van der Waals surface area contributed by atoms with Crippen LogP contribution in [0.1, 0.15) is 27.7 Å². The number of hydrogen-bond acceptors (Lipinski definition) is 1. The molecule has 0 unspecified atom stereocenters. The van der Waals surface area contributed by atoms with Crippen LogP contribution in [0.5, 0.6) is 0 Å². The zero-order valence-electron chi connectivity index (χ0n) is 8.79. The third-order valence-corrected chi connectivity index (χ3v) is 1.02. The summed E-state index contributed by atoms with van der Waals surface area (Å²) in [5, 5.41) is 0. The summed E-state index contributed by atoms with van der Waals surface area (Å²) in [5.74, 6) is 0.876. The van der Waals surface area contributed by atoms with Gasteiger partial charge in [0, 0.05) is 0 Å². The van der Waals surface area contributed by atoms with Crippen molar-refractivity contribution in [3.05, 3.63) is 36.1 Å². The van der Waals surface area contributed by atoms with E-state index in [2.05, 4.69) is 0 Å². The van der Waals surface area contributed by atoms with E-state index in [1.807, 2.05) is 58.1 Å². The lowest BCUT2D eigenvalue weighted by Gasteiger charge is -1.95. The number of rotatable bonds is 3. The van der Waals surface area contributed by atoms with Crippen molar-refractivity contribution in [1.82, 2.24) is 0 Å². The largest absolute Gasteiger partial charge is 0.497 e. The molecule has 0 fully saturated rings. The van der Waals surface area contributed by atoms with E-state index < -0.39 is 0 Å². The fraction of sp³-hybridized carbons (Fsp3) is 0.455. The topological polar surface area (TPSA) is 9.23 Å². The Morgan fingerprint density at radius 2 is 1.67 bits per heavy atom. The van der Waals surface area contributed by atoms with E-state index in [9.17, 15) is 0 Å². The van der Waals surface area contributed by atoms with E-state index in [1.165, 1.54) is 0 Å². The van der Waals surface area contributed by atoms with Crippen LogP contribution in [0.3, 0.4) is 0 Å². The molecule has 0 saturated heterocycles. The summed E-state index contributed by atoms with van der Waals surface area (Å²) >= 11 is 0. The molecule has 70 valence electrons. The predicted molar refractivity (Wildman–Crippen MR) is 56.1 cm³/mol. The third-order valence-electron chi connectivity index (χ3n) is 1.02. The van der Waals surface area contributed by atoms with Crippen LogP contribution < -0.4 is 0 Å². The number of ether oxygens (including phenoxy) is 1. The summed E-state index contributed by atoms with van der Waals surface area (Å²) in [7, 11) is 1.66. The maximum Gasteiger partial charge on any atom is 0.118 e. The molecule has 1 heteroatoms. The molecule has 0 saturated carbocycles. The first-order valence-electron chi connectivity index (χ1n) is 4.34. The van der Waals surface area contributed by atoms with Gasteiger partial charge in [0.25, 0.3) is 0 Å². The van der Waals surface area contributed by atoms with Gasteiger partial charge < -0.3 is 4.74 Å². The molecule has 12 heavy (non-hydrogen) atoms. The number of allylic oxidation sites excluding steroid dienone is 5. The first-order valence-corrected chi connectivity index (χ1v) is 4.34. The Hall–Kier alpha value is -0.980. The van der Waals surface area contributed by atoms with E-state index >= 15 is 0 Å². The molecule has 0 aromatic carbocycles. The summed E-state index contributed by atoms with van der Waals surface area (Å²) in [4.78, 5) is 0. The van der Waals surface area contributed by atoms with Crippen LogP contribution >= 0.6 is 0 Å². The minimum atomic E-state index is 0.876. The third kappa shape index (κ3) is 9.02. The highest BCUT2D eigenvalue weighted by molar-refractivity contribution is 5.17. The van der Waals surface area contributed by atoms with Gasteiger partial charge in [0.2, 0.25) is 0 Å². The van der Waals surface area contributed by atoms with E-state index in [1.54, 1.807) is 7.11 Å². The second-order valence-corrected chi connectivity index (χ2v) is 1.80. The maximum absolute atomic E-state index is 5.02. The number of hydrogen-bond donors (Lipinski definition) is 0. The van der Waals surface area contributed by atoms with Crippen LogP contribution in [0.2, 0.25) is 0 Å². The summed E-state index contributed by atoms with van der Waals surface area (Å²) in [5.41, 5.74) is 0. The molecule has 1 nitrogen and oxygen atoms in total. The molecule has 0 amide bonds. The molecule has 0 radical (unpaired) electrons. The molecule has 0 aliphatic carbocycles. The monoisotopic (exact) mass is 168 g/mol. The summed E-state index contributed by atoms with van der Waals surface area (Å²) in [6.45, 7) is 7.93. The lowest BCUT2D eigenvalue weighted by Crippen LogP contribution is -1.78. The van der Waals surface area contributed by atoms with Crippen molar-refractivity contribution in [3.8, 4) is 0 Å². The molecule has 0 aromatic heterocycles. The Morgan fingerprint density at radius 1 is 1.08 bits per heavy atom. The van der Waals surface area contributed by atoms with Crippen LogP contribution in [0.4, 0.5) is 0 Å². The van der Waals surface area contributed by atoms with Gasteiger partial charge in [-0.15, -0.1) is 0 Å². The lowest BCUT2D eigenvalue weighted by molar-refractivity contribution is 0.307. The fourth-order valence-corrected chi connectivity index (χ4v) is 0.547. The van der Waals surface area contributed by atoms with E-state index in [0.29, 0.717) is 0 Å². The standard InChI is InChI=1S/C9H14O.C2H6/c1-4-6-8-9(10-3)7-5-2;1-2/h4-8H,1-3H3;1-2H3/b6-4-,7-5-,9-8+;. The van der Waals surface area contributed by atoms with E-state index in [0.717, 1.165) is 5.76 Å².